The lowest BCUT2D eigenvalue weighted by Gasteiger charge is -2.13. The van der Waals surface area contributed by atoms with Crippen LogP contribution < -0.4 is 0 Å². The number of hydrogen-bond acceptors (Lipinski definition) is 0. The van der Waals surface area contributed by atoms with Gasteiger partial charge in [0.15, 0.2) is 0 Å². The second-order valence-corrected chi connectivity index (χ2v) is 5.69. The fourth-order valence-corrected chi connectivity index (χ4v) is 2.78. The van der Waals surface area contributed by atoms with E-state index in [1.807, 2.05) is 0 Å². The molecule has 0 bridgehead atoms. The zero-order valence-corrected chi connectivity index (χ0v) is 11.5. The smallest absolute Gasteiger partial charge is 0.0397 e. The SMILES string of the molecule is CCCc1ccc(C(Br)CC(C)C)cc1. The molecular weight excluding hydrogens is 248 g/mol. The van der Waals surface area contributed by atoms with Crippen LogP contribution in [0.25, 0.3) is 0 Å². The molecule has 0 N–H and O–H groups in total. The van der Waals surface area contributed by atoms with E-state index < -0.39 is 0 Å². The summed E-state index contributed by atoms with van der Waals surface area (Å²) in [5.74, 6) is 0.740. The lowest BCUT2D eigenvalue weighted by molar-refractivity contribution is 0.583. The number of halogens is 1. The minimum atomic E-state index is 0.508. The fourth-order valence-electron chi connectivity index (χ4n) is 1.73. The molecule has 15 heavy (non-hydrogen) atoms. The van der Waals surface area contributed by atoms with Crippen molar-refractivity contribution in [2.24, 2.45) is 5.92 Å². The van der Waals surface area contributed by atoms with E-state index in [2.05, 4.69) is 61.0 Å². The van der Waals surface area contributed by atoms with E-state index in [9.17, 15) is 0 Å². The first kappa shape index (κ1) is 12.8. The van der Waals surface area contributed by atoms with Gasteiger partial charge in [0.05, 0.1) is 0 Å². The summed E-state index contributed by atoms with van der Waals surface area (Å²) in [6, 6.07) is 9.03. The van der Waals surface area contributed by atoms with Gasteiger partial charge in [-0.05, 0) is 29.9 Å². The Morgan fingerprint density at radius 2 is 1.73 bits per heavy atom. The summed E-state index contributed by atoms with van der Waals surface area (Å²) >= 11 is 3.75. The lowest BCUT2D eigenvalue weighted by atomic mass is 10.0. The Morgan fingerprint density at radius 1 is 1.13 bits per heavy atom. The highest BCUT2D eigenvalue weighted by Crippen LogP contribution is 2.29. The maximum atomic E-state index is 3.75. The molecule has 1 rings (SSSR count). The molecule has 0 amide bonds. The van der Waals surface area contributed by atoms with Crippen LogP contribution in [-0.2, 0) is 6.42 Å². The molecule has 1 heteroatoms. The summed E-state index contributed by atoms with van der Waals surface area (Å²) in [6.07, 6.45) is 3.62. The van der Waals surface area contributed by atoms with E-state index in [-0.39, 0.29) is 0 Å². The van der Waals surface area contributed by atoms with Crippen LogP contribution in [0.15, 0.2) is 24.3 Å². The summed E-state index contributed by atoms with van der Waals surface area (Å²) in [5.41, 5.74) is 2.86. The van der Waals surface area contributed by atoms with Crippen LogP contribution in [-0.4, -0.2) is 0 Å². The van der Waals surface area contributed by atoms with Crippen molar-refractivity contribution in [3.8, 4) is 0 Å². The van der Waals surface area contributed by atoms with Crippen molar-refractivity contribution in [1.82, 2.24) is 0 Å². The molecule has 0 aromatic heterocycles. The number of alkyl halides is 1. The Hall–Kier alpha value is -0.300. The van der Waals surface area contributed by atoms with E-state index in [1.54, 1.807) is 0 Å². The van der Waals surface area contributed by atoms with Gasteiger partial charge >= 0.3 is 0 Å². The van der Waals surface area contributed by atoms with Crippen LogP contribution in [0.4, 0.5) is 0 Å². The molecule has 84 valence electrons. The van der Waals surface area contributed by atoms with E-state index in [4.69, 9.17) is 0 Å². The number of hydrogen-bond donors (Lipinski definition) is 0. The van der Waals surface area contributed by atoms with Gasteiger partial charge in [-0.25, -0.2) is 0 Å². The molecule has 0 spiro atoms. The second-order valence-electron chi connectivity index (χ2n) is 4.59. The van der Waals surface area contributed by atoms with Crippen molar-refractivity contribution in [2.45, 2.75) is 44.9 Å². The first-order chi connectivity index (χ1) is 7.13. The largest absolute Gasteiger partial charge is 0.0839 e. The second kappa shape index (κ2) is 6.32. The van der Waals surface area contributed by atoms with Gasteiger partial charge in [0.25, 0.3) is 0 Å². The lowest BCUT2D eigenvalue weighted by Crippen LogP contribution is -1.96. The molecule has 0 saturated carbocycles. The summed E-state index contributed by atoms with van der Waals surface area (Å²) in [5, 5.41) is 0. The summed E-state index contributed by atoms with van der Waals surface area (Å²) in [4.78, 5) is 0.508. The third kappa shape index (κ3) is 4.38. The Balaban J connectivity index is 2.62. The molecular formula is C14H21Br. The number of aryl methyl sites for hydroxylation is 1. The normalized spacial score (nSPS) is 13.1. The minimum absolute atomic E-state index is 0.508. The van der Waals surface area contributed by atoms with Crippen molar-refractivity contribution < 1.29 is 0 Å². The van der Waals surface area contributed by atoms with Crippen molar-refractivity contribution >= 4 is 15.9 Å². The van der Waals surface area contributed by atoms with E-state index in [1.165, 1.54) is 30.4 Å². The fraction of sp³-hybridized carbons (Fsp3) is 0.571. The molecule has 1 aromatic carbocycles. The highest BCUT2D eigenvalue weighted by molar-refractivity contribution is 9.09. The zero-order chi connectivity index (χ0) is 11.3. The van der Waals surface area contributed by atoms with Crippen LogP contribution in [0.5, 0.6) is 0 Å². The number of benzene rings is 1. The Bertz CT molecular complexity index is 274. The predicted octanol–water partition coefficient (Wildman–Crippen LogP) is 5.12. The maximum Gasteiger partial charge on any atom is 0.0397 e. The van der Waals surface area contributed by atoms with Crippen LogP contribution in [0, 0.1) is 5.92 Å². The summed E-state index contributed by atoms with van der Waals surface area (Å²) in [7, 11) is 0. The van der Waals surface area contributed by atoms with Crippen LogP contribution >= 0.6 is 15.9 Å². The topological polar surface area (TPSA) is 0 Å². The van der Waals surface area contributed by atoms with Crippen LogP contribution in [0.1, 0.15) is 49.6 Å². The third-order valence-corrected chi connectivity index (χ3v) is 3.46. The minimum Gasteiger partial charge on any atom is -0.0839 e. The van der Waals surface area contributed by atoms with Gasteiger partial charge in [-0.3, -0.25) is 0 Å². The highest BCUT2D eigenvalue weighted by Gasteiger charge is 2.08. The predicted molar refractivity (Wildman–Crippen MR) is 71.6 cm³/mol. The molecule has 0 aliphatic rings. The zero-order valence-electron chi connectivity index (χ0n) is 9.96. The summed E-state index contributed by atoms with van der Waals surface area (Å²) in [6.45, 7) is 6.75. The molecule has 0 radical (unpaired) electrons. The van der Waals surface area contributed by atoms with Gasteiger partial charge in [0, 0.05) is 4.83 Å². The van der Waals surface area contributed by atoms with Gasteiger partial charge in [0.1, 0.15) is 0 Å². The van der Waals surface area contributed by atoms with Gasteiger partial charge in [-0.1, -0.05) is 67.4 Å². The molecule has 0 saturated heterocycles. The van der Waals surface area contributed by atoms with E-state index >= 15 is 0 Å². The Labute approximate surface area is 102 Å². The van der Waals surface area contributed by atoms with Gasteiger partial charge in [-0.15, -0.1) is 0 Å². The van der Waals surface area contributed by atoms with E-state index in [0.29, 0.717) is 4.83 Å². The molecule has 0 nitrogen and oxygen atoms in total. The standard InChI is InChI=1S/C14H21Br/c1-4-5-12-6-8-13(9-7-12)14(15)10-11(2)3/h6-9,11,14H,4-5,10H2,1-3H3. The maximum absolute atomic E-state index is 3.75. The molecule has 0 fully saturated rings. The van der Waals surface area contributed by atoms with Gasteiger partial charge < -0.3 is 0 Å². The van der Waals surface area contributed by atoms with Gasteiger partial charge in [0.2, 0.25) is 0 Å². The molecule has 0 aliphatic carbocycles. The van der Waals surface area contributed by atoms with Crippen LogP contribution in [0.2, 0.25) is 0 Å². The average Bonchev–Trinajstić information content (AvgIpc) is 2.18. The first-order valence-electron chi connectivity index (χ1n) is 5.86. The van der Waals surface area contributed by atoms with Crippen molar-refractivity contribution in [3.05, 3.63) is 35.4 Å². The molecule has 0 heterocycles. The Kier molecular flexibility index (Phi) is 5.38. The monoisotopic (exact) mass is 268 g/mol. The van der Waals surface area contributed by atoms with Crippen molar-refractivity contribution in [3.63, 3.8) is 0 Å². The average molecular weight is 269 g/mol. The molecule has 1 unspecified atom stereocenters. The Morgan fingerprint density at radius 3 is 2.20 bits per heavy atom. The van der Waals surface area contributed by atoms with E-state index in [0.717, 1.165) is 5.92 Å². The molecule has 0 aliphatic heterocycles. The summed E-state index contributed by atoms with van der Waals surface area (Å²) < 4.78 is 0. The third-order valence-electron chi connectivity index (χ3n) is 2.56. The number of rotatable bonds is 5. The van der Waals surface area contributed by atoms with Crippen molar-refractivity contribution in [2.75, 3.05) is 0 Å². The molecule has 1 aromatic rings. The molecule has 1 atom stereocenters. The van der Waals surface area contributed by atoms with Gasteiger partial charge in [-0.2, -0.15) is 0 Å². The van der Waals surface area contributed by atoms with Crippen LogP contribution in [0.3, 0.4) is 0 Å². The quantitative estimate of drug-likeness (QED) is 0.651. The van der Waals surface area contributed by atoms with Crippen molar-refractivity contribution in [1.29, 1.82) is 0 Å². The first-order valence-corrected chi connectivity index (χ1v) is 6.78. The highest BCUT2D eigenvalue weighted by atomic mass is 79.9.